The van der Waals surface area contributed by atoms with Gasteiger partial charge in [-0.1, -0.05) is 6.07 Å². The van der Waals surface area contributed by atoms with Crippen LogP contribution in [0.3, 0.4) is 0 Å². The average molecular weight is 376 g/mol. The van der Waals surface area contributed by atoms with E-state index in [0.717, 1.165) is 24.9 Å². The molecule has 1 aliphatic rings. The van der Waals surface area contributed by atoms with E-state index in [1.165, 1.54) is 24.9 Å². The fourth-order valence-corrected chi connectivity index (χ4v) is 3.25. The predicted octanol–water partition coefficient (Wildman–Crippen LogP) is 2.13. The van der Waals surface area contributed by atoms with Crippen LogP contribution in [-0.2, 0) is 10.5 Å². The number of carbonyl (C=O) groups excluding carboxylic acids is 1. The highest BCUT2D eigenvalue weighted by Gasteiger charge is 2.16. The van der Waals surface area contributed by atoms with Crippen molar-refractivity contribution in [2.45, 2.75) is 24.6 Å². The van der Waals surface area contributed by atoms with Crippen molar-refractivity contribution >= 4 is 35.8 Å². The van der Waals surface area contributed by atoms with E-state index in [9.17, 15) is 14.9 Å². The summed E-state index contributed by atoms with van der Waals surface area (Å²) in [5.74, 6) is 1.12. The van der Waals surface area contributed by atoms with Crippen molar-refractivity contribution in [2.75, 3.05) is 26.0 Å². The Bertz CT molecular complexity index is 568. The molecule has 1 aliphatic heterocycles. The van der Waals surface area contributed by atoms with Gasteiger partial charge in [-0.2, -0.15) is 0 Å². The molecule has 0 aliphatic carbocycles. The number of nitro benzene ring substituents is 1. The minimum atomic E-state index is -0.464. The van der Waals surface area contributed by atoms with Gasteiger partial charge in [0.05, 0.1) is 17.8 Å². The van der Waals surface area contributed by atoms with Crippen molar-refractivity contribution in [3.8, 4) is 5.75 Å². The number of nitro groups is 1. The maximum absolute atomic E-state index is 11.8. The fraction of sp³-hybridized carbons (Fsp3) is 0.533. The number of amides is 1. The first-order valence-electron chi connectivity index (χ1n) is 7.49. The van der Waals surface area contributed by atoms with Gasteiger partial charge in [0.25, 0.3) is 0 Å². The molecule has 1 aromatic rings. The summed E-state index contributed by atoms with van der Waals surface area (Å²) < 4.78 is 4.97. The Balaban J connectivity index is 0.00000288. The molecule has 0 radical (unpaired) electrons. The number of hydrogen-bond acceptors (Lipinski definition) is 6. The fourth-order valence-electron chi connectivity index (χ4n) is 2.45. The molecule has 0 saturated carbocycles. The first-order chi connectivity index (χ1) is 11.1. The van der Waals surface area contributed by atoms with Crippen LogP contribution in [0.5, 0.6) is 5.75 Å². The standard InChI is InChI=1S/C15H21N3O4S.ClH/c1-22-14-5-4-11(7-13(14)18(20)21)9-23-10-15(19)17-8-12-3-2-6-16-12;/h4-5,7,12,16H,2-3,6,8-10H2,1H3,(H,17,19);1H. The highest BCUT2D eigenvalue weighted by atomic mass is 35.5. The van der Waals surface area contributed by atoms with Crippen LogP contribution in [0.4, 0.5) is 5.69 Å². The number of hydrogen-bond donors (Lipinski definition) is 2. The minimum absolute atomic E-state index is 0. The molecule has 1 aromatic carbocycles. The zero-order chi connectivity index (χ0) is 16.7. The Hall–Kier alpha value is -1.51. The van der Waals surface area contributed by atoms with Crippen LogP contribution in [0.25, 0.3) is 0 Å². The van der Waals surface area contributed by atoms with Gasteiger partial charge in [-0.3, -0.25) is 14.9 Å². The van der Waals surface area contributed by atoms with E-state index in [4.69, 9.17) is 4.74 Å². The van der Waals surface area contributed by atoms with E-state index >= 15 is 0 Å². The van der Waals surface area contributed by atoms with E-state index in [-0.39, 0.29) is 29.8 Å². The third kappa shape index (κ3) is 6.18. The maximum Gasteiger partial charge on any atom is 0.311 e. The van der Waals surface area contributed by atoms with Crippen LogP contribution in [0.15, 0.2) is 18.2 Å². The summed E-state index contributed by atoms with van der Waals surface area (Å²) in [6.07, 6.45) is 2.26. The summed E-state index contributed by atoms with van der Waals surface area (Å²) in [5, 5.41) is 17.2. The van der Waals surface area contributed by atoms with Crippen molar-refractivity contribution in [3.05, 3.63) is 33.9 Å². The molecule has 1 atom stereocenters. The molecule has 1 amide bonds. The number of nitrogens with zero attached hydrogens (tertiary/aromatic N) is 1. The molecule has 9 heteroatoms. The molecule has 24 heavy (non-hydrogen) atoms. The van der Waals surface area contributed by atoms with Gasteiger partial charge in [-0.05, 0) is 31.0 Å². The summed E-state index contributed by atoms with van der Waals surface area (Å²) >= 11 is 1.43. The monoisotopic (exact) mass is 375 g/mol. The molecule has 1 heterocycles. The quantitative estimate of drug-likeness (QED) is 0.534. The molecule has 2 rings (SSSR count). The molecule has 0 bridgehead atoms. The Labute approximate surface area is 151 Å². The van der Waals surface area contributed by atoms with Crippen LogP contribution >= 0.6 is 24.2 Å². The Morgan fingerprint density at radius 2 is 2.33 bits per heavy atom. The highest BCUT2D eigenvalue weighted by molar-refractivity contribution is 7.99. The van der Waals surface area contributed by atoms with Gasteiger partial charge in [-0.15, -0.1) is 24.2 Å². The van der Waals surface area contributed by atoms with Gasteiger partial charge >= 0.3 is 5.69 Å². The van der Waals surface area contributed by atoms with Crippen LogP contribution < -0.4 is 15.4 Å². The molecule has 1 unspecified atom stereocenters. The number of halogens is 1. The van der Waals surface area contributed by atoms with E-state index in [2.05, 4.69) is 10.6 Å². The SMILES string of the molecule is COc1ccc(CSCC(=O)NCC2CCCN2)cc1[N+](=O)[O-].Cl. The van der Waals surface area contributed by atoms with Gasteiger partial charge in [0, 0.05) is 24.4 Å². The molecule has 1 saturated heterocycles. The number of carbonyl (C=O) groups is 1. The number of ether oxygens (including phenoxy) is 1. The Morgan fingerprint density at radius 1 is 1.54 bits per heavy atom. The van der Waals surface area contributed by atoms with Crippen molar-refractivity contribution < 1.29 is 14.5 Å². The van der Waals surface area contributed by atoms with Crippen molar-refractivity contribution in [1.29, 1.82) is 0 Å². The van der Waals surface area contributed by atoms with Crippen molar-refractivity contribution in [3.63, 3.8) is 0 Å². The molecule has 2 N–H and O–H groups in total. The molecule has 0 spiro atoms. The number of nitrogens with one attached hydrogen (secondary N) is 2. The Morgan fingerprint density at radius 3 is 2.96 bits per heavy atom. The lowest BCUT2D eigenvalue weighted by atomic mass is 10.2. The van der Waals surface area contributed by atoms with Gasteiger partial charge in [0.15, 0.2) is 5.75 Å². The zero-order valence-electron chi connectivity index (χ0n) is 13.4. The van der Waals surface area contributed by atoms with E-state index in [1.807, 2.05) is 0 Å². The molecular weight excluding hydrogens is 354 g/mol. The lowest BCUT2D eigenvalue weighted by Crippen LogP contribution is -2.37. The molecule has 0 aromatic heterocycles. The summed E-state index contributed by atoms with van der Waals surface area (Å²) in [6.45, 7) is 1.68. The summed E-state index contributed by atoms with van der Waals surface area (Å²) in [6, 6.07) is 5.23. The number of thioether (sulfide) groups is 1. The maximum atomic E-state index is 11.8. The highest BCUT2D eigenvalue weighted by Crippen LogP contribution is 2.28. The van der Waals surface area contributed by atoms with Crippen LogP contribution in [-0.4, -0.2) is 42.8 Å². The number of rotatable bonds is 8. The van der Waals surface area contributed by atoms with Crippen LogP contribution in [0.1, 0.15) is 18.4 Å². The molecular formula is C15H22ClN3O4S. The van der Waals surface area contributed by atoms with Gasteiger partial charge < -0.3 is 15.4 Å². The lowest BCUT2D eigenvalue weighted by molar-refractivity contribution is -0.385. The van der Waals surface area contributed by atoms with E-state index < -0.39 is 4.92 Å². The summed E-state index contributed by atoms with van der Waals surface area (Å²) in [7, 11) is 1.40. The smallest absolute Gasteiger partial charge is 0.311 e. The topological polar surface area (TPSA) is 93.5 Å². The third-order valence-corrected chi connectivity index (χ3v) is 4.65. The number of benzene rings is 1. The molecule has 134 valence electrons. The second kappa shape index (κ2) is 10.4. The zero-order valence-corrected chi connectivity index (χ0v) is 15.1. The Kier molecular flexibility index (Phi) is 8.88. The number of methoxy groups -OCH3 is 1. The van der Waals surface area contributed by atoms with Crippen LogP contribution in [0.2, 0.25) is 0 Å². The van der Waals surface area contributed by atoms with Gasteiger partial charge in [0.2, 0.25) is 5.91 Å². The van der Waals surface area contributed by atoms with E-state index in [1.54, 1.807) is 12.1 Å². The summed E-state index contributed by atoms with van der Waals surface area (Å²) in [5.41, 5.74) is 0.745. The van der Waals surface area contributed by atoms with Crippen molar-refractivity contribution in [2.24, 2.45) is 0 Å². The first-order valence-corrected chi connectivity index (χ1v) is 8.64. The first kappa shape index (κ1) is 20.5. The van der Waals surface area contributed by atoms with Gasteiger partial charge in [0.1, 0.15) is 0 Å². The normalized spacial score (nSPS) is 16.3. The van der Waals surface area contributed by atoms with Gasteiger partial charge in [-0.25, -0.2) is 0 Å². The molecule has 1 fully saturated rings. The third-order valence-electron chi connectivity index (χ3n) is 3.65. The largest absolute Gasteiger partial charge is 0.490 e. The second-order valence-corrected chi connectivity index (χ2v) is 6.34. The second-order valence-electron chi connectivity index (χ2n) is 5.35. The lowest BCUT2D eigenvalue weighted by Gasteiger charge is -2.11. The van der Waals surface area contributed by atoms with E-state index in [0.29, 0.717) is 24.1 Å². The predicted molar refractivity (Wildman–Crippen MR) is 97.1 cm³/mol. The average Bonchev–Trinajstić information content (AvgIpc) is 3.06. The molecule has 7 nitrogen and oxygen atoms in total. The summed E-state index contributed by atoms with van der Waals surface area (Å²) in [4.78, 5) is 22.3. The van der Waals surface area contributed by atoms with Crippen molar-refractivity contribution in [1.82, 2.24) is 10.6 Å². The van der Waals surface area contributed by atoms with Crippen LogP contribution in [0, 0.1) is 10.1 Å². The minimum Gasteiger partial charge on any atom is -0.490 e.